The third-order valence-corrected chi connectivity index (χ3v) is 6.82. The van der Waals surface area contributed by atoms with E-state index in [0.29, 0.717) is 37.5 Å². The van der Waals surface area contributed by atoms with Crippen molar-refractivity contribution in [2.24, 2.45) is 10.3 Å². The molecular formula is C23H25N3O3S. The lowest BCUT2D eigenvalue weighted by molar-refractivity contribution is -0.131. The number of amidine groups is 1. The fraction of sp³-hybridized carbons (Fsp3) is 0.304. The van der Waals surface area contributed by atoms with Gasteiger partial charge in [-0.25, -0.2) is 0 Å². The van der Waals surface area contributed by atoms with E-state index in [4.69, 9.17) is 0 Å². The number of carbonyl (C=O) groups is 1. The molecule has 1 unspecified atom stereocenters. The highest BCUT2D eigenvalue weighted by Gasteiger charge is 2.26. The summed E-state index contributed by atoms with van der Waals surface area (Å²) >= 11 is 0. The number of sulfonamides is 1. The highest BCUT2D eigenvalue weighted by molar-refractivity contribution is 7.90. The maximum absolute atomic E-state index is 12.7. The van der Waals surface area contributed by atoms with E-state index >= 15 is 0 Å². The van der Waals surface area contributed by atoms with Crippen molar-refractivity contribution in [3.05, 3.63) is 66.2 Å². The summed E-state index contributed by atoms with van der Waals surface area (Å²) in [6, 6.07) is 17.0. The van der Waals surface area contributed by atoms with Crippen molar-refractivity contribution in [2.75, 3.05) is 18.4 Å². The van der Waals surface area contributed by atoms with Crippen molar-refractivity contribution in [1.82, 2.24) is 4.90 Å². The second-order valence-electron chi connectivity index (χ2n) is 7.83. The van der Waals surface area contributed by atoms with E-state index < -0.39 is 10.0 Å². The molecule has 1 N–H and O–H groups in total. The maximum Gasteiger partial charge on any atom is 0.286 e. The highest BCUT2D eigenvalue weighted by Crippen LogP contribution is 2.28. The molecule has 0 radical (unpaired) electrons. The number of nitrogens with zero attached hydrogens (tertiary/aromatic N) is 2. The lowest BCUT2D eigenvalue weighted by Gasteiger charge is -2.28. The van der Waals surface area contributed by atoms with Crippen LogP contribution in [-0.4, -0.2) is 38.2 Å². The molecule has 0 bridgehead atoms. The van der Waals surface area contributed by atoms with Gasteiger partial charge >= 0.3 is 0 Å². The van der Waals surface area contributed by atoms with Crippen molar-refractivity contribution in [3.8, 4) is 0 Å². The molecule has 2 aromatic carbocycles. The smallest absolute Gasteiger partial charge is 0.286 e. The Balaban J connectivity index is 1.35. The molecular weight excluding hydrogens is 398 g/mol. The van der Waals surface area contributed by atoms with Gasteiger partial charge < -0.3 is 10.2 Å². The van der Waals surface area contributed by atoms with Crippen LogP contribution in [0.4, 0.5) is 5.69 Å². The maximum atomic E-state index is 12.7. The second kappa shape index (κ2) is 8.44. The van der Waals surface area contributed by atoms with E-state index in [1.165, 1.54) is 11.1 Å². The first-order valence-corrected chi connectivity index (χ1v) is 11.6. The summed E-state index contributed by atoms with van der Waals surface area (Å²) < 4.78 is 28.6. The Kier molecular flexibility index (Phi) is 5.72. The average molecular weight is 424 g/mol. The lowest BCUT2D eigenvalue weighted by Crippen LogP contribution is -2.36. The first kappa shape index (κ1) is 20.3. The quantitative estimate of drug-likeness (QED) is 0.790. The van der Waals surface area contributed by atoms with Gasteiger partial charge in [-0.15, -0.1) is 4.40 Å². The summed E-state index contributed by atoms with van der Waals surface area (Å²) in [5, 5.41) is 3.10. The van der Waals surface area contributed by atoms with Gasteiger partial charge in [0.05, 0.1) is 5.69 Å². The van der Waals surface area contributed by atoms with Crippen LogP contribution in [0.25, 0.3) is 5.57 Å². The van der Waals surface area contributed by atoms with Crippen molar-refractivity contribution in [3.63, 3.8) is 0 Å². The van der Waals surface area contributed by atoms with Crippen LogP contribution in [0.5, 0.6) is 0 Å². The van der Waals surface area contributed by atoms with Crippen LogP contribution in [0.3, 0.4) is 0 Å². The molecule has 0 fully saturated rings. The van der Waals surface area contributed by atoms with Gasteiger partial charge in [-0.1, -0.05) is 55.5 Å². The number of fused-ring (bicyclic) bond motifs is 1. The topological polar surface area (TPSA) is 78.8 Å². The fourth-order valence-corrected chi connectivity index (χ4v) is 5.05. The Morgan fingerprint density at radius 3 is 2.60 bits per heavy atom. The molecule has 1 amide bonds. The largest absolute Gasteiger partial charge is 0.342 e. The summed E-state index contributed by atoms with van der Waals surface area (Å²) in [4.78, 5) is 14.8. The zero-order valence-electron chi connectivity index (χ0n) is 16.9. The zero-order chi connectivity index (χ0) is 21.1. The van der Waals surface area contributed by atoms with Gasteiger partial charge in [-0.05, 0) is 35.6 Å². The number of nitrogens with one attached hydrogen (secondary N) is 1. The first-order chi connectivity index (χ1) is 14.4. The third kappa shape index (κ3) is 4.46. The van der Waals surface area contributed by atoms with E-state index in [9.17, 15) is 13.2 Å². The molecule has 0 saturated carbocycles. The minimum absolute atomic E-state index is 0.0243. The van der Waals surface area contributed by atoms with E-state index in [1.807, 2.05) is 30.0 Å². The van der Waals surface area contributed by atoms with Gasteiger partial charge in [0.1, 0.15) is 10.7 Å². The van der Waals surface area contributed by atoms with Crippen molar-refractivity contribution >= 4 is 33.0 Å². The van der Waals surface area contributed by atoms with Crippen molar-refractivity contribution in [2.45, 2.75) is 31.1 Å². The van der Waals surface area contributed by atoms with Crippen molar-refractivity contribution < 1.29 is 13.2 Å². The second-order valence-corrected chi connectivity index (χ2v) is 9.41. The Morgan fingerprint density at radius 1 is 1.13 bits per heavy atom. The summed E-state index contributed by atoms with van der Waals surface area (Å²) in [6.07, 6.45) is 3.72. The molecule has 156 valence electrons. The molecule has 6 nitrogen and oxygen atoms in total. The Labute approximate surface area is 177 Å². The van der Waals surface area contributed by atoms with E-state index in [1.54, 1.807) is 24.3 Å². The molecule has 0 aliphatic carbocycles. The molecule has 2 aromatic rings. The number of rotatable bonds is 5. The molecule has 2 aliphatic heterocycles. The minimum Gasteiger partial charge on any atom is -0.342 e. The molecule has 0 spiro atoms. The molecule has 4 rings (SSSR count). The zero-order valence-corrected chi connectivity index (χ0v) is 17.7. The molecule has 0 aromatic heterocycles. The number of hydrogen-bond acceptors (Lipinski definition) is 4. The number of anilines is 1. The molecule has 7 heteroatoms. The Bertz CT molecular complexity index is 1110. The van der Waals surface area contributed by atoms with Gasteiger partial charge in [-0.3, -0.25) is 4.79 Å². The molecule has 0 saturated heterocycles. The van der Waals surface area contributed by atoms with Gasteiger partial charge in [-0.2, -0.15) is 8.42 Å². The Morgan fingerprint density at radius 2 is 1.87 bits per heavy atom. The molecule has 2 aliphatic rings. The van der Waals surface area contributed by atoms with Crippen LogP contribution in [-0.2, 0) is 14.8 Å². The van der Waals surface area contributed by atoms with Crippen molar-refractivity contribution in [1.29, 1.82) is 0 Å². The number of carbonyl (C=O) groups excluding carboxylic acids is 1. The number of amides is 1. The number of benzene rings is 2. The average Bonchev–Trinajstić information content (AvgIpc) is 2.74. The monoisotopic (exact) mass is 423 g/mol. The first-order valence-electron chi connectivity index (χ1n) is 10.1. The van der Waals surface area contributed by atoms with E-state index in [2.05, 4.69) is 27.9 Å². The summed E-state index contributed by atoms with van der Waals surface area (Å²) in [5.74, 6) is 0.452. The van der Waals surface area contributed by atoms with Gasteiger partial charge in [0.25, 0.3) is 10.0 Å². The highest BCUT2D eigenvalue weighted by atomic mass is 32.2. The van der Waals surface area contributed by atoms with Gasteiger partial charge in [0.2, 0.25) is 5.91 Å². The molecule has 2 heterocycles. The lowest BCUT2D eigenvalue weighted by atomic mass is 9.98. The van der Waals surface area contributed by atoms with Crippen LogP contribution in [0, 0.1) is 5.92 Å². The normalized spacial score (nSPS) is 18.5. The summed E-state index contributed by atoms with van der Waals surface area (Å²) in [5.41, 5.74) is 3.02. The van der Waals surface area contributed by atoms with E-state index in [-0.39, 0.29) is 16.7 Å². The van der Waals surface area contributed by atoms with E-state index in [0.717, 1.165) is 6.42 Å². The Hall–Kier alpha value is -2.93. The van der Waals surface area contributed by atoms with Crippen LogP contribution < -0.4 is 5.32 Å². The van der Waals surface area contributed by atoms with Crippen LogP contribution in [0.1, 0.15) is 31.7 Å². The number of hydrogen-bond donors (Lipinski definition) is 1. The SMILES string of the molecule is CC(CC(=O)N1CC=C(c2ccccc2)CC1)CC1=NS(=O)(=O)c2ccccc2N1. The van der Waals surface area contributed by atoms with Gasteiger partial charge in [0, 0.05) is 25.9 Å². The van der Waals surface area contributed by atoms with Gasteiger partial charge in [0.15, 0.2) is 0 Å². The van der Waals surface area contributed by atoms with Crippen LogP contribution in [0.15, 0.2) is 70.0 Å². The predicted octanol–water partition coefficient (Wildman–Crippen LogP) is 3.93. The minimum atomic E-state index is -3.70. The van der Waals surface area contributed by atoms with Crippen LogP contribution >= 0.6 is 0 Å². The number of para-hydroxylation sites is 1. The summed E-state index contributed by atoms with van der Waals surface area (Å²) in [7, 11) is -3.70. The summed E-state index contributed by atoms with van der Waals surface area (Å²) in [6.45, 7) is 3.26. The molecule has 30 heavy (non-hydrogen) atoms. The van der Waals surface area contributed by atoms with Crippen LogP contribution in [0.2, 0.25) is 0 Å². The standard InChI is InChI=1S/C23H25N3O3S/c1-17(15-22-24-20-9-5-6-10-21(20)30(28,29)25-22)16-23(27)26-13-11-19(12-14-26)18-7-3-2-4-8-18/h2-11,17H,12-16H2,1H3,(H,24,25). The third-order valence-electron chi connectivity index (χ3n) is 5.45. The fourth-order valence-electron chi connectivity index (χ4n) is 3.90. The predicted molar refractivity (Wildman–Crippen MR) is 119 cm³/mol. The molecule has 1 atom stereocenters.